The molecule has 1 aliphatic rings. The second-order valence-corrected chi connectivity index (χ2v) is 5.23. The van der Waals surface area contributed by atoms with Crippen molar-refractivity contribution in [2.45, 2.75) is 44.3 Å². The monoisotopic (exact) mass is 257 g/mol. The molecule has 0 bridgehead atoms. The van der Waals surface area contributed by atoms with E-state index in [0.717, 1.165) is 25.3 Å². The molecule has 0 saturated heterocycles. The van der Waals surface area contributed by atoms with Crippen molar-refractivity contribution in [3.63, 3.8) is 0 Å². The van der Waals surface area contributed by atoms with E-state index in [4.69, 9.17) is 5.73 Å². The molecule has 1 aromatic carbocycles. The maximum absolute atomic E-state index is 13.0. The van der Waals surface area contributed by atoms with Gasteiger partial charge in [0.25, 0.3) is 0 Å². The zero-order chi connectivity index (χ0) is 13.4. The van der Waals surface area contributed by atoms with Gasteiger partial charge >= 0.3 is 6.18 Å². The Morgan fingerprint density at radius 2 is 1.89 bits per heavy atom. The minimum atomic E-state index is -4.33. The van der Waals surface area contributed by atoms with E-state index >= 15 is 0 Å². The lowest BCUT2D eigenvalue weighted by Crippen LogP contribution is -2.46. The first-order chi connectivity index (χ1) is 8.36. The molecule has 0 aromatic heterocycles. The largest absolute Gasteiger partial charge is 0.416 e. The first kappa shape index (κ1) is 13.4. The zero-order valence-corrected chi connectivity index (χ0v) is 10.4. The summed E-state index contributed by atoms with van der Waals surface area (Å²) in [6.45, 7) is 1.95. The van der Waals surface area contributed by atoms with Gasteiger partial charge < -0.3 is 5.73 Å². The molecule has 0 heterocycles. The van der Waals surface area contributed by atoms with Crippen LogP contribution in [0.1, 0.15) is 43.7 Å². The Morgan fingerprint density at radius 1 is 1.22 bits per heavy atom. The Hall–Kier alpha value is -1.03. The van der Waals surface area contributed by atoms with Gasteiger partial charge in [0.05, 0.1) is 5.56 Å². The van der Waals surface area contributed by atoms with Gasteiger partial charge in [0.2, 0.25) is 0 Å². The lowest BCUT2D eigenvalue weighted by atomic mass is 9.69. The number of halogens is 3. The molecule has 0 spiro atoms. The lowest BCUT2D eigenvalue weighted by Gasteiger charge is -2.41. The molecule has 0 amide bonds. The van der Waals surface area contributed by atoms with E-state index in [1.807, 2.05) is 6.92 Å². The fourth-order valence-electron chi connectivity index (χ4n) is 2.91. The van der Waals surface area contributed by atoms with Crippen molar-refractivity contribution in [2.75, 3.05) is 0 Å². The van der Waals surface area contributed by atoms with E-state index < -0.39 is 17.3 Å². The first-order valence-corrected chi connectivity index (χ1v) is 6.31. The maximum Gasteiger partial charge on any atom is 0.416 e. The summed E-state index contributed by atoms with van der Waals surface area (Å²) in [7, 11) is 0. The number of alkyl halides is 3. The molecule has 1 aliphatic carbocycles. The van der Waals surface area contributed by atoms with Crippen molar-refractivity contribution in [3.05, 3.63) is 35.4 Å². The third-order valence-corrected chi connectivity index (χ3v) is 4.09. The van der Waals surface area contributed by atoms with E-state index in [1.165, 1.54) is 12.1 Å². The highest BCUT2D eigenvalue weighted by atomic mass is 19.4. The minimum Gasteiger partial charge on any atom is -0.321 e. The predicted molar refractivity (Wildman–Crippen MR) is 64.9 cm³/mol. The number of hydrogen-bond acceptors (Lipinski definition) is 1. The molecule has 1 fully saturated rings. The Bertz CT molecular complexity index is 427. The molecular formula is C14H18F3N. The Kier molecular flexibility index (Phi) is 3.41. The number of rotatable bonds is 1. The quantitative estimate of drug-likeness (QED) is 0.806. The molecule has 18 heavy (non-hydrogen) atoms. The Balaban J connectivity index is 2.50. The summed E-state index contributed by atoms with van der Waals surface area (Å²) in [6, 6.07) is 5.72. The van der Waals surface area contributed by atoms with Crippen molar-refractivity contribution in [1.82, 2.24) is 0 Å². The SMILES string of the molecule is CC1CCCCC1(N)c1ccccc1C(F)(F)F. The van der Waals surface area contributed by atoms with Gasteiger partial charge in [-0.25, -0.2) is 0 Å². The van der Waals surface area contributed by atoms with Gasteiger partial charge in [0.1, 0.15) is 0 Å². The van der Waals surface area contributed by atoms with Gasteiger partial charge in [-0.2, -0.15) is 13.2 Å². The maximum atomic E-state index is 13.0. The Labute approximate surface area is 105 Å². The molecule has 1 saturated carbocycles. The van der Waals surface area contributed by atoms with Crippen molar-refractivity contribution in [2.24, 2.45) is 11.7 Å². The van der Waals surface area contributed by atoms with E-state index in [1.54, 1.807) is 6.07 Å². The van der Waals surface area contributed by atoms with Crippen LogP contribution in [0.2, 0.25) is 0 Å². The molecule has 2 atom stereocenters. The van der Waals surface area contributed by atoms with Crippen LogP contribution in [-0.2, 0) is 11.7 Å². The molecule has 0 radical (unpaired) electrons. The van der Waals surface area contributed by atoms with Crippen LogP contribution >= 0.6 is 0 Å². The van der Waals surface area contributed by atoms with E-state index in [0.29, 0.717) is 6.42 Å². The van der Waals surface area contributed by atoms with Gasteiger partial charge in [0, 0.05) is 5.54 Å². The van der Waals surface area contributed by atoms with E-state index in [9.17, 15) is 13.2 Å². The second kappa shape index (κ2) is 4.57. The third-order valence-electron chi connectivity index (χ3n) is 4.09. The zero-order valence-electron chi connectivity index (χ0n) is 10.4. The second-order valence-electron chi connectivity index (χ2n) is 5.23. The summed E-state index contributed by atoms with van der Waals surface area (Å²) in [4.78, 5) is 0. The van der Waals surface area contributed by atoms with Gasteiger partial charge in [-0.3, -0.25) is 0 Å². The summed E-state index contributed by atoms with van der Waals surface area (Å²) in [6.07, 6.45) is -0.870. The van der Waals surface area contributed by atoms with Gasteiger partial charge in [-0.15, -0.1) is 0 Å². The van der Waals surface area contributed by atoms with Crippen molar-refractivity contribution < 1.29 is 13.2 Å². The third kappa shape index (κ3) is 2.26. The highest BCUT2D eigenvalue weighted by molar-refractivity contribution is 5.36. The normalized spacial score (nSPS) is 29.3. The van der Waals surface area contributed by atoms with Crippen molar-refractivity contribution in [3.8, 4) is 0 Å². The number of nitrogens with two attached hydrogens (primary N) is 1. The highest BCUT2D eigenvalue weighted by Gasteiger charge is 2.43. The molecular weight excluding hydrogens is 239 g/mol. The van der Waals surface area contributed by atoms with Gasteiger partial charge in [-0.05, 0) is 30.4 Å². The molecule has 100 valence electrons. The first-order valence-electron chi connectivity index (χ1n) is 6.31. The van der Waals surface area contributed by atoms with Crippen LogP contribution in [-0.4, -0.2) is 0 Å². The molecule has 1 nitrogen and oxygen atoms in total. The molecule has 0 aliphatic heterocycles. The van der Waals surface area contributed by atoms with Crippen LogP contribution in [0, 0.1) is 5.92 Å². The lowest BCUT2D eigenvalue weighted by molar-refractivity contribution is -0.139. The van der Waals surface area contributed by atoms with Crippen LogP contribution in [0.25, 0.3) is 0 Å². The standard InChI is InChI=1S/C14H18F3N/c1-10-6-4-5-9-13(10,18)11-7-2-3-8-12(11)14(15,16)17/h2-3,7-8,10H,4-6,9,18H2,1H3. The number of benzene rings is 1. The fourth-order valence-corrected chi connectivity index (χ4v) is 2.91. The summed E-state index contributed by atoms with van der Waals surface area (Å²) >= 11 is 0. The van der Waals surface area contributed by atoms with Crippen molar-refractivity contribution in [1.29, 1.82) is 0 Å². The summed E-state index contributed by atoms with van der Waals surface area (Å²) in [5.41, 5.74) is 5.15. The molecule has 4 heteroatoms. The van der Waals surface area contributed by atoms with Gasteiger partial charge in [0.15, 0.2) is 0 Å². The smallest absolute Gasteiger partial charge is 0.321 e. The van der Waals surface area contributed by atoms with Crippen LogP contribution in [0.4, 0.5) is 13.2 Å². The Morgan fingerprint density at radius 3 is 2.50 bits per heavy atom. The molecule has 1 aromatic rings. The molecule has 2 N–H and O–H groups in total. The van der Waals surface area contributed by atoms with Crippen LogP contribution in [0.15, 0.2) is 24.3 Å². The van der Waals surface area contributed by atoms with Gasteiger partial charge in [-0.1, -0.05) is 38.0 Å². The summed E-state index contributed by atoms with van der Waals surface area (Å²) in [5, 5.41) is 0. The van der Waals surface area contributed by atoms with Crippen LogP contribution in [0.3, 0.4) is 0 Å². The van der Waals surface area contributed by atoms with Crippen molar-refractivity contribution >= 4 is 0 Å². The minimum absolute atomic E-state index is 0.0785. The fraction of sp³-hybridized carbons (Fsp3) is 0.571. The van der Waals surface area contributed by atoms with Crippen LogP contribution < -0.4 is 5.73 Å². The molecule has 2 unspecified atom stereocenters. The van der Waals surface area contributed by atoms with E-state index in [2.05, 4.69) is 0 Å². The van der Waals surface area contributed by atoms with Crippen LogP contribution in [0.5, 0.6) is 0 Å². The summed E-state index contributed by atoms with van der Waals surface area (Å²) < 4.78 is 39.1. The molecule has 2 rings (SSSR count). The van der Waals surface area contributed by atoms with E-state index in [-0.39, 0.29) is 11.5 Å². The summed E-state index contributed by atoms with van der Waals surface area (Å²) in [5.74, 6) is 0.0785. The highest BCUT2D eigenvalue weighted by Crippen LogP contribution is 2.44. The average molecular weight is 257 g/mol. The topological polar surface area (TPSA) is 26.0 Å². The predicted octanol–water partition coefficient (Wildman–Crippen LogP) is 4.07. The average Bonchev–Trinajstić information content (AvgIpc) is 2.32. The number of hydrogen-bond donors (Lipinski definition) is 1.